The molecule has 0 saturated carbocycles. The van der Waals surface area contributed by atoms with Crippen molar-refractivity contribution in [3.8, 4) is 5.75 Å². The first-order chi connectivity index (χ1) is 12.3. The molecule has 0 saturated heterocycles. The number of nitrogens with one attached hydrogen (secondary N) is 2. The molecule has 138 valence electrons. The van der Waals surface area contributed by atoms with Crippen molar-refractivity contribution in [3.63, 3.8) is 0 Å². The van der Waals surface area contributed by atoms with Gasteiger partial charge < -0.3 is 4.74 Å². The monoisotopic (exact) mass is 374 g/mol. The highest BCUT2D eigenvalue weighted by molar-refractivity contribution is 6.30. The zero-order chi connectivity index (χ0) is 19.1. The Labute approximate surface area is 158 Å². The molecule has 0 radical (unpaired) electrons. The molecule has 0 aromatic heterocycles. The average Bonchev–Trinajstić information content (AvgIpc) is 2.60. The van der Waals surface area contributed by atoms with E-state index in [2.05, 4.69) is 24.7 Å². The smallest absolute Gasteiger partial charge is 0.276 e. The van der Waals surface area contributed by atoms with Gasteiger partial charge in [0.15, 0.2) is 6.61 Å². The van der Waals surface area contributed by atoms with E-state index in [9.17, 15) is 9.59 Å². The topological polar surface area (TPSA) is 67.4 Å². The zero-order valence-corrected chi connectivity index (χ0v) is 15.9. The van der Waals surface area contributed by atoms with Gasteiger partial charge >= 0.3 is 0 Å². The maximum atomic E-state index is 11.8. The average molecular weight is 375 g/mol. The van der Waals surface area contributed by atoms with E-state index in [1.807, 2.05) is 25.1 Å². The first kappa shape index (κ1) is 19.8. The summed E-state index contributed by atoms with van der Waals surface area (Å²) in [5, 5.41) is 0.608. The predicted octanol–water partition coefficient (Wildman–Crippen LogP) is 3.54. The summed E-state index contributed by atoms with van der Waals surface area (Å²) in [6.45, 7) is 6.09. The summed E-state index contributed by atoms with van der Waals surface area (Å²) >= 11 is 5.80. The minimum atomic E-state index is -0.431. The number of amides is 2. The van der Waals surface area contributed by atoms with Crippen molar-refractivity contribution in [2.45, 2.75) is 33.1 Å². The van der Waals surface area contributed by atoms with Crippen LogP contribution in [-0.2, 0) is 16.0 Å². The molecule has 0 aliphatic rings. The van der Waals surface area contributed by atoms with Gasteiger partial charge in [0, 0.05) is 5.02 Å². The molecule has 0 heterocycles. The van der Waals surface area contributed by atoms with Gasteiger partial charge in [0.25, 0.3) is 5.91 Å². The van der Waals surface area contributed by atoms with E-state index in [1.54, 1.807) is 24.3 Å². The van der Waals surface area contributed by atoms with Gasteiger partial charge in [0.05, 0.1) is 6.42 Å². The van der Waals surface area contributed by atoms with E-state index in [0.29, 0.717) is 16.7 Å². The molecule has 0 aliphatic carbocycles. The maximum absolute atomic E-state index is 11.8. The lowest BCUT2D eigenvalue weighted by Gasteiger charge is -2.12. The molecule has 0 bridgehead atoms. The van der Waals surface area contributed by atoms with Crippen LogP contribution in [0.25, 0.3) is 0 Å². The molecule has 26 heavy (non-hydrogen) atoms. The number of benzene rings is 2. The van der Waals surface area contributed by atoms with Crippen LogP contribution >= 0.6 is 11.6 Å². The second-order valence-corrected chi connectivity index (χ2v) is 6.80. The molecule has 2 aromatic carbocycles. The molecule has 2 rings (SSSR count). The van der Waals surface area contributed by atoms with Crippen molar-refractivity contribution in [1.29, 1.82) is 0 Å². The van der Waals surface area contributed by atoms with Gasteiger partial charge in [-0.1, -0.05) is 43.6 Å². The Kier molecular flexibility index (Phi) is 7.04. The van der Waals surface area contributed by atoms with Crippen LogP contribution in [0, 0.1) is 6.92 Å². The molecule has 2 N–H and O–H groups in total. The molecule has 5 nitrogen and oxygen atoms in total. The number of hydrazine groups is 1. The summed E-state index contributed by atoms with van der Waals surface area (Å²) in [6, 6.07) is 12.7. The highest BCUT2D eigenvalue weighted by Crippen LogP contribution is 2.23. The SMILES string of the molecule is Cc1cc(OCC(=O)NNC(=O)Cc2ccc(Cl)cc2)ccc1C(C)C. The number of carbonyl (C=O) groups excluding carboxylic acids is 2. The minimum absolute atomic E-state index is 0.147. The highest BCUT2D eigenvalue weighted by atomic mass is 35.5. The van der Waals surface area contributed by atoms with Crippen molar-refractivity contribution in [1.82, 2.24) is 10.9 Å². The summed E-state index contributed by atoms with van der Waals surface area (Å²) < 4.78 is 5.47. The summed E-state index contributed by atoms with van der Waals surface area (Å²) in [5.74, 6) is 0.301. The lowest BCUT2D eigenvalue weighted by atomic mass is 9.98. The largest absolute Gasteiger partial charge is 0.484 e. The summed E-state index contributed by atoms with van der Waals surface area (Å²) in [4.78, 5) is 23.6. The van der Waals surface area contributed by atoms with Gasteiger partial charge in [0.1, 0.15) is 5.75 Å². The summed E-state index contributed by atoms with van der Waals surface area (Å²) in [6.07, 6.45) is 0.147. The Morgan fingerprint density at radius 1 is 1.04 bits per heavy atom. The third kappa shape index (κ3) is 6.08. The van der Waals surface area contributed by atoms with E-state index in [-0.39, 0.29) is 18.9 Å². The van der Waals surface area contributed by atoms with Crippen LogP contribution in [-0.4, -0.2) is 18.4 Å². The first-order valence-electron chi connectivity index (χ1n) is 8.40. The van der Waals surface area contributed by atoms with Crippen LogP contribution in [0.4, 0.5) is 0 Å². The number of hydrogen-bond donors (Lipinski definition) is 2. The van der Waals surface area contributed by atoms with Gasteiger partial charge in [-0.3, -0.25) is 20.4 Å². The lowest BCUT2D eigenvalue weighted by Crippen LogP contribution is -2.44. The lowest BCUT2D eigenvalue weighted by molar-refractivity contribution is -0.129. The van der Waals surface area contributed by atoms with Crippen molar-refractivity contribution in [2.75, 3.05) is 6.61 Å². The van der Waals surface area contributed by atoms with Crippen LogP contribution in [0.2, 0.25) is 5.02 Å². The minimum Gasteiger partial charge on any atom is -0.484 e. The molecular formula is C20H23ClN2O3. The number of carbonyl (C=O) groups is 2. The van der Waals surface area contributed by atoms with Crippen molar-refractivity contribution >= 4 is 23.4 Å². The standard InChI is InChI=1S/C20H23ClN2O3/c1-13(2)18-9-8-17(10-14(18)3)26-12-20(25)23-22-19(24)11-15-4-6-16(21)7-5-15/h4-10,13H,11-12H2,1-3H3,(H,22,24)(H,23,25). The van der Waals surface area contributed by atoms with E-state index in [4.69, 9.17) is 16.3 Å². The molecule has 0 aliphatic heterocycles. The Hall–Kier alpha value is -2.53. The van der Waals surface area contributed by atoms with Gasteiger partial charge in [0.2, 0.25) is 5.91 Å². The number of aryl methyl sites for hydroxylation is 1. The second kappa shape index (κ2) is 9.25. The molecule has 0 fully saturated rings. The number of rotatable bonds is 6. The third-order valence-electron chi connectivity index (χ3n) is 3.85. The molecule has 0 unspecified atom stereocenters. The second-order valence-electron chi connectivity index (χ2n) is 6.36. The van der Waals surface area contributed by atoms with Crippen LogP contribution in [0.3, 0.4) is 0 Å². The highest BCUT2D eigenvalue weighted by Gasteiger charge is 2.08. The van der Waals surface area contributed by atoms with Gasteiger partial charge in [-0.2, -0.15) is 0 Å². The van der Waals surface area contributed by atoms with Gasteiger partial charge in [-0.15, -0.1) is 0 Å². The Balaban J connectivity index is 1.75. The van der Waals surface area contributed by atoms with Gasteiger partial charge in [-0.05, 0) is 53.8 Å². The predicted molar refractivity (Wildman–Crippen MR) is 102 cm³/mol. The van der Waals surface area contributed by atoms with Crippen molar-refractivity contribution in [3.05, 3.63) is 64.2 Å². The fraction of sp³-hybridized carbons (Fsp3) is 0.300. The van der Waals surface area contributed by atoms with E-state index >= 15 is 0 Å². The van der Waals surface area contributed by atoms with Crippen LogP contribution in [0.15, 0.2) is 42.5 Å². The number of ether oxygens (including phenoxy) is 1. The molecule has 6 heteroatoms. The van der Waals surface area contributed by atoms with Crippen molar-refractivity contribution < 1.29 is 14.3 Å². The Morgan fingerprint density at radius 3 is 2.31 bits per heavy atom. The van der Waals surface area contributed by atoms with E-state index in [0.717, 1.165) is 11.1 Å². The first-order valence-corrected chi connectivity index (χ1v) is 8.78. The molecule has 2 amide bonds. The fourth-order valence-electron chi connectivity index (χ4n) is 2.54. The summed E-state index contributed by atoms with van der Waals surface area (Å²) in [5.41, 5.74) is 7.87. The fourth-order valence-corrected chi connectivity index (χ4v) is 2.67. The summed E-state index contributed by atoms with van der Waals surface area (Å²) in [7, 11) is 0. The number of hydrogen-bond acceptors (Lipinski definition) is 3. The third-order valence-corrected chi connectivity index (χ3v) is 4.10. The van der Waals surface area contributed by atoms with Gasteiger partial charge in [-0.25, -0.2) is 0 Å². The van der Waals surface area contributed by atoms with E-state index in [1.165, 1.54) is 5.56 Å². The molecular weight excluding hydrogens is 352 g/mol. The normalized spacial score (nSPS) is 10.5. The van der Waals surface area contributed by atoms with Crippen LogP contribution in [0.1, 0.15) is 36.5 Å². The maximum Gasteiger partial charge on any atom is 0.276 e. The Morgan fingerprint density at radius 2 is 1.69 bits per heavy atom. The molecule has 0 atom stereocenters. The number of halogens is 1. The molecule has 0 spiro atoms. The quantitative estimate of drug-likeness (QED) is 0.760. The van der Waals surface area contributed by atoms with Crippen LogP contribution < -0.4 is 15.6 Å². The van der Waals surface area contributed by atoms with E-state index < -0.39 is 5.91 Å². The van der Waals surface area contributed by atoms with Crippen molar-refractivity contribution in [2.24, 2.45) is 0 Å². The molecule has 2 aromatic rings. The van der Waals surface area contributed by atoms with Crippen LogP contribution in [0.5, 0.6) is 5.75 Å². The Bertz CT molecular complexity index is 773. The zero-order valence-electron chi connectivity index (χ0n) is 15.1.